The summed E-state index contributed by atoms with van der Waals surface area (Å²) in [6.45, 7) is 3.77. The Hall–Kier alpha value is -4.71. The minimum Gasteiger partial charge on any atom is -0.494 e. The molecule has 12 heteroatoms. The normalized spacial score (nSPS) is 14.3. The van der Waals surface area contributed by atoms with Gasteiger partial charge in [-0.05, 0) is 74.8 Å². The van der Waals surface area contributed by atoms with Gasteiger partial charge in [0.1, 0.15) is 17.1 Å². The fourth-order valence-electron chi connectivity index (χ4n) is 5.45. The summed E-state index contributed by atoms with van der Waals surface area (Å²) in [6, 6.07) is 10.9. The number of rotatable bonds is 7. The molecule has 3 aromatic heterocycles. The zero-order chi connectivity index (χ0) is 30.1. The summed E-state index contributed by atoms with van der Waals surface area (Å²) in [5, 5.41) is 12.2. The molecule has 43 heavy (non-hydrogen) atoms. The van der Waals surface area contributed by atoms with Crippen molar-refractivity contribution in [2.75, 3.05) is 25.5 Å². The third kappa shape index (κ3) is 5.96. The van der Waals surface area contributed by atoms with Crippen LogP contribution >= 0.6 is 0 Å². The fraction of sp³-hybridized carbons (Fsp3) is 0.290. The van der Waals surface area contributed by atoms with Gasteiger partial charge >= 0.3 is 6.18 Å². The minimum absolute atomic E-state index is 0.0350. The molecule has 0 aliphatic carbocycles. The molecular formula is C31H30F3N7O2. The van der Waals surface area contributed by atoms with E-state index in [-0.39, 0.29) is 17.0 Å². The van der Waals surface area contributed by atoms with Gasteiger partial charge in [0.25, 0.3) is 5.91 Å². The molecule has 2 aromatic carbocycles. The molecule has 5 aromatic rings. The molecule has 0 radical (unpaired) electrons. The third-order valence-corrected chi connectivity index (χ3v) is 7.70. The predicted molar refractivity (Wildman–Crippen MR) is 156 cm³/mol. The van der Waals surface area contributed by atoms with E-state index in [0.29, 0.717) is 23.5 Å². The first-order chi connectivity index (χ1) is 20.7. The van der Waals surface area contributed by atoms with Crippen molar-refractivity contribution in [3.63, 3.8) is 0 Å². The van der Waals surface area contributed by atoms with Crippen LogP contribution in [0.1, 0.15) is 46.3 Å². The number of carbonyl (C=O) groups excluding carboxylic acids is 1. The number of hydrogen-bond acceptors (Lipinski definition) is 6. The van der Waals surface area contributed by atoms with E-state index in [0.717, 1.165) is 66.6 Å². The summed E-state index contributed by atoms with van der Waals surface area (Å²) in [5.41, 5.74) is 3.31. The van der Waals surface area contributed by atoms with E-state index >= 15 is 0 Å². The monoisotopic (exact) mass is 589 g/mol. The molecular weight excluding hydrogens is 559 g/mol. The number of aromatic nitrogens is 5. The number of aromatic amines is 1. The zero-order valence-electron chi connectivity index (χ0n) is 23.7. The third-order valence-electron chi connectivity index (χ3n) is 7.70. The average molecular weight is 590 g/mol. The lowest BCUT2D eigenvalue weighted by Gasteiger charge is -2.28. The van der Waals surface area contributed by atoms with Crippen molar-refractivity contribution >= 4 is 22.6 Å². The summed E-state index contributed by atoms with van der Waals surface area (Å²) < 4.78 is 48.8. The number of amides is 1. The molecule has 6 rings (SSSR count). The van der Waals surface area contributed by atoms with Crippen LogP contribution in [0.5, 0.6) is 5.75 Å². The van der Waals surface area contributed by atoms with Gasteiger partial charge in [0, 0.05) is 41.0 Å². The van der Waals surface area contributed by atoms with Crippen LogP contribution in [-0.2, 0) is 12.7 Å². The number of likely N-dealkylation sites (tertiary alicyclic amines) is 1. The van der Waals surface area contributed by atoms with Crippen molar-refractivity contribution < 1.29 is 22.7 Å². The summed E-state index contributed by atoms with van der Waals surface area (Å²) in [6.07, 6.45) is 3.74. The highest BCUT2D eigenvalue weighted by atomic mass is 19.4. The van der Waals surface area contributed by atoms with Crippen molar-refractivity contribution in [1.82, 2.24) is 29.9 Å². The fourth-order valence-corrected chi connectivity index (χ4v) is 5.45. The maximum absolute atomic E-state index is 13.9. The largest absolute Gasteiger partial charge is 0.494 e. The Morgan fingerprint density at radius 1 is 1.09 bits per heavy atom. The van der Waals surface area contributed by atoms with Gasteiger partial charge in [0.05, 0.1) is 30.2 Å². The van der Waals surface area contributed by atoms with Crippen LogP contribution in [0.3, 0.4) is 0 Å². The average Bonchev–Trinajstić information content (AvgIpc) is 3.67. The van der Waals surface area contributed by atoms with E-state index in [1.807, 2.05) is 25.3 Å². The molecule has 9 nitrogen and oxygen atoms in total. The van der Waals surface area contributed by atoms with Gasteiger partial charge in [-0.3, -0.25) is 9.69 Å². The molecule has 222 valence electrons. The number of H-pyrrole nitrogens is 1. The van der Waals surface area contributed by atoms with E-state index in [4.69, 9.17) is 4.74 Å². The highest BCUT2D eigenvalue weighted by Crippen LogP contribution is 2.39. The first kappa shape index (κ1) is 28.4. The lowest BCUT2D eigenvalue weighted by molar-refractivity contribution is -0.137. The Balaban J connectivity index is 1.29. The number of halogens is 3. The number of piperidine rings is 1. The van der Waals surface area contributed by atoms with E-state index in [1.165, 1.54) is 7.11 Å². The van der Waals surface area contributed by atoms with Crippen LogP contribution in [0.2, 0.25) is 0 Å². The standard InChI is InChI=1S/C31H30F3N7O2/c1-19-6-7-21(14-27(19)41-18-26(38-39-41)22-12-20-8-9-35-29(20)36-16-22)30(42)37-25-15-24(31(32,33)34)13-23(28(25)43-2)17-40-10-4-3-5-11-40/h6-9,12-16,18H,3-5,10-11,17H2,1-2H3,(H,35,36)(H,37,42). The van der Waals surface area contributed by atoms with E-state index in [9.17, 15) is 18.0 Å². The Morgan fingerprint density at radius 3 is 2.67 bits per heavy atom. The number of carbonyl (C=O) groups is 1. The Labute approximate surface area is 245 Å². The van der Waals surface area contributed by atoms with Gasteiger partial charge in [0.2, 0.25) is 0 Å². The highest BCUT2D eigenvalue weighted by Gasteiger charge is 2.33. The van der Waals surface area contributed by atoms with Gasteiger partial charge in [-0.2, -0.15) is 13.2 Å². The van der Waals surface area contributed by atoms with Crippen LogP contribution in [0, 0.1) is 6.92 Å². The molecule has 0 saturated carbocycles. The van der Waals surface area contributed by atoms with Crippen LogP contribution < -0.4 is 10.1 Å². The first-order valence-corrected chi connectivity index (χ1v) is 14.0. The van der Waals surface area contributed by atoms with Crippen molar-refractivity contribution in [3.8, 4) is 22.7 Å². The quantitative estimate of drug-likeness (QED) is 0.228. The van der Waals surface area contributed by atoms with Crippen molar-refractivity contribution in [1.29, 1.82) is 0 Å². The molecule has 1 aliphatic heterocycles. The number of nitrogens with zero attached hydrogens (tertiary/aromatic N) is 5. The van der Waals surface area contributed by atoms with Gasteiger partial charge in [-0.25, -0.2) is 9.67 Å². The van der Waals surface area contributed by atoms with Crippen LogP contribution in [0.25, 0.3) is 28.0 Å². The molecule has 4 heterocycles. The van der Waals surface area contributed by atoms with E-state index < -0.39 is 17.6 Å². The maximum atomic E-state index is 13.9. The second-order valence-electron chi connectivity index (χ2n) is 10.7. The van der Waals surface area contributed by atoms with Gasteiger partial charge < -0.3 is 15.0 Å². The smallest absolute Gasteiger partial charge is 0.416 e. The summed E-state index contributed by atoms with van der Waals surface area (Å²) in [7, 11) is 1.40. The topological polar surface area (TPSA) is 101 Å². The van der Waals surface area contributed by atoms with Crippen LogP contribution in [0.4, 0.5) is 18.9 Å². The van der Waals surface area contributed by atoms with Crippen molar-refractivity contribution in [2.24, 2.45) is 0 Å². The number of hydrogen-bond donors (Lipinski definition) is 2. The lowest BCUT2D eigenvalue weighted by Crippen LogP contribution is -2.29. The number of fused-ring (bicyclic) bond motifs is 1. The van der Waals surface area contributed by atoms with Crippen LogP contribution in [-0.4, -0.2) is 56.0 Å². The van der Waals surface area contributed by atoms with Gasteiger partial charge in [-0.15, -0.1) is 5.10 Å². The second-order valence-corrected chi connectivity index (χ2v) is 10.7. The Kier molecular flexibility index (Phi) is 7.61. The summed E-state index contributed by atoms with van der Waals surface area (Å²) >= 11 is 0. The number of alkyl halides is 3. The first-order valence-electron chi connectivity index (χ1n) is 14.0. The maximum Gasteiger partial charge on any atom is 0.416 e. The molecule has 1 amide bonds. The molecule has 1 aliphatic rings. The molecule has 1 saturated heterocycles. The molecule has 2 N–H and O–H groups in total. The Bertz CT molecular complexity index is 1790. The molecule has 0 atom stereocenters. The number of methoxy groups -OCH3 is 1. The Morgan fingerprint density at radius 2 is 1.91 bits per heavy atom. The molecule has 0 unspecified atom stereocenters. The minimum atomic E-state index is -4.59. The number of benzene rings is 2. The highest BCUT2D eigenvalue weighted by molar-refractivity contribution is 6.05. The van der Waals surface area contributed by atoms with Gasteiger partial charge in [0.15, 0.2) is 0 Å². The predicted octanol–water partition coefficient (Wildman–Crippen LogP) is 6.38. The molecule has 1 fully saturated rings. The van der Waals surface area contributed by atoms with Crippen LogP contribution in [0.15, 0.2) is 61.1 Å². The number of aryl methyl sites for hydroxylation is 1. The number of nitrogens with one attached hydrogen (secondary N) is 2. The number of pyridine rings is 1. The van der Waals surface area contributed by atoms with Gasteiger partial charge in [-0.1, -0.05) is 17.7 Å². The number of anilines is 1. The lowest BCUT2D eigenvalue weighted by atomic mass is 10.0. The van der Waals surface area contributed by atoms with E-state index in [2.05, 4.69) is 30.5 Å². The van der Waals surface area contributed by atoms with Crippen molar-refractivity contribution in [2.45, 2.75) is 38.9 Å². The zero-order valence-corrected chi connectivity index (χ0v) is 23.7. The summed E-state index contributed by atoms with van der Waals surface area (Å²) in [4.78, 5) is 23.0. The molecule has 0 bridgehead atoms. The molecule has 0 spiro atoms. The van der Waals surface area contributed by atoms with Crippen molar-refractivity contribution in [3.05, 3.63) is 83.3 Å². The second kappa shape index (κ2) is 11.5. The number of ether oxygens (including phenoxy) is 1. The summed E-state index contributed by atoms with van der Waals surface area (Å²) in [5.74, 6) is -0.363. The van der Waals surface area contributed by atoms with E-state index in [1.54, 1.807) is 35.3 Å². The SMILES string of the molecule is COc1c(CN2CCCCC2)cc(C(F)(F)F)cc1NC(=O)c1ccc(C)c(-n2cc(-c3cnc4[nH]ccc4c3)nn2)c1.